The van der Waals surface area contributed by atoms with Crippen molar-refractivity contribution in [1.29, 1.82) is 0 Å². The van der Waals surface area contributed by atoms with Crippen LogP contribution in [-0.4, -0.2) is 25.6 Å². The molecule has 0 saturated carbocycles. The molecule has 0 aliphatic rings. The van der Waals surface area contributed by atoms with Crippen LogP contribution in [0.3, 0.4) is 0 Å². The van der Waals surface area contributed by atoms with Crippen LogP contribution < -0.4 is 18.8 Å². The molecule has 0 aliphatic carbocycles. The van der Waals surface area contributed by atoms with E-state index in [1.807, 2.05) is 0 Å². The lowest BCUT2D eigenvalue weighted by atomic mass is 10.2. The minimum atomic E-state index is -1.39. The highest BCUT2D eigenvalue weighted by Gasteiger charge is 2.21. The molecule has 0 saturated heterocycles. The maximum Gasteiger partial charge on any atom is 0.785 e. The van der Waals surface area contributed by atoms with Crippen molar-refractivity contribution in [2.24, 2.45) is 0 Å². The minimum absolute atomic E-state index is 0.500. The molecule has 2 aromatic carbocycles. The average molecular weight is 358 g/mol. The number of unbranched alkanes of at least 4 members (excludes halogenated alkanes) is 2. The van der Waals surface area contributed by atoms with Crippen molar-refractivity contribution in [3.05, 3.63) is 48.5 Å². The predicted molar refractivity (Wildman–Crippen MR) is 103 cm³/mol. The quantitative estimate of drug-likeness (QED) is 0.448. The van der Waals surface area contributed by atoms with E-state index in [9.17, 15) is 5.02 Å². The summed E-state index contributed by atoms with van der Waals surface area (Å²) < 4.78 is 21.9. The smallest absolute Gasteiger partial charge is 0.501 e. The van der Waals surface area contributed by atoms with Gasteiger partial charge in [0, 0.05) is 0 Å². The van der Waals surface area contributed by atoms with E-state index in [-0.39, 0.29) is 0 Å². The van der Waals surface area contributed by atoms with Crippen LogP contribution in [0.5, 0.6) is 23.0 Å². The largest absolute Gasteiger partial charge is 0.785 e. The lowest BCUT2D eigenvalue weighted by molar-refractivity contribution is 0.293. The van der Waals surface area contributed by atoms with E-state index in [0.29, 0.717) is 24.7 Å². The molecule has 0 bridgehead atoms. The molecule has 140 valence electrons. The van der Waals surface area contributed by atoms with Crippen LogP contribution in [0.15, 0.2) is 48.5 Å². The van der Waals surface area contributed by atoms with Gasteiger partial charge >= 0.3 is 7.32 Å². The SMILES string of the molecule is CCCCOc1ccc(OB(O)Oc2ccc(OCCCC)cc2)cc1. The Morgan fingerprint density at radius 1 is 0.654 bits per heavy atom. The van der Waals surface area contributed by atoms with E-state index >= 15 is 0 Å². The van der Waals surface area contributed by atoms with Crippen LogP contribution in [0.25, 0.3) is 0 Å². The Balaban J connectivity index is 1.77. The third-order valence-corrected chi connectivity index (χ3v) is 3.65. The van der Waals surface area contributed by atoms with Crippen LogP contribution in [0.2, 0.25) is 0 Å². The summed E-state index contributed by atoms with van der Waals surface area (Å²) in [5.74, 6) is 2.56. The fourth-order valence-corrected chi connectivity index (χ4v) is 2.15. The Labute approximate surface area is 156 Å². The zero-order valence-electron chi connectivity index (χ0n) is 15.5. The number of rotatable bonds is 12. The van der Waals surface area contributed by atoms with Crippen LogP contribution in [-0.2, 0) is 0 Å². The standard InChI is InChI=1S/C20H27BO5/c1-3-5-15-23-17-7-11-19(12-8-17)25-21(22)26-20-13-9-18(10-14-20)24-16-6-4-2/h7-14,22H,3-6,15-16H2,1-2H3. The van der Waals surface area contributed by atoms with Gasteiger partial charge in [-0.05, 0) is 61.4 Å². The summed E-state index contributed by atoms with van der Waals surface area (Å²) in [6, 6.07) is 14.2. The molecule has 0 heterocycles. The third-order valence-electron chi connectivity index (χ3n) is 3.65. The molecule has 0 spiro atoms. The second-order valence-electron chi connectivity index (χ2n) is 5.89. The summed E-state index contributed by atoms with van der Waals surface area (Å²) in [5, 5.41) is 9.93. The van der Waals surface area contributed by atoms with Crippen molar-refractivity contribution >= 4 is 7.32 Å². The van der Waals surface area contributed by atoms with Crippen molar-refractivity contribution in [3.8, 4) is 23.0 Å². The number of hydrogen-bond acceptors (Lipinski definition) is 5. The molecule has 6 heteroatoms. The summed E-state index contributed by atoms with van der Waals surface area (Å²) in [4.78, 5) is 0. The van der Waals surface area contributed by atoms with Crippen LogP contribution in [0.1, 0.15) is 39.5 Å². The number of hydrogen-bond donors (Lipinski definition) is 1. The molecule has 0 radical (unpaired) electrons. The Hall–Kier alpha value is -2.34. The highest BCUT2D eigenvalue weighted by molar-refractivity contribution is 6.36. The van der Waals surface area contributed by atoms with Gasteiger partial charge in [0.05, 0.1) is 13.2 Å². The van der Waals surface area contributed by atoms with Gasteiger partial charge in [-0.25, -0.2) is 0 Å². The molecule has 0 fully saturated rings. The summed E-state index contributed by atoms with van der Waals surface area (Å²) >= 11 is 0. The fourth-order valence-electron chi connectivity index (χ4n) is 2.15. The zero-order chi connectivity index (χ0) is 18.6. The van der Waals surface area contributed by atoms with E-state index in [2.05, 4.69) is 13.8 Å². The van der Waals surface area contributed by atoms with Gasteiger partial charge in [-0.1, -0.05) is 26.7 Å². The molecule has 0 aromatic heterocycles. The van der Waals surface area contributed by atoms with Crippen molar-refractivity contribution in [1.82, 2.24) is 0 Å². The minimum Gasteiger partial charge on any atom is -0.501 e. The van der Waals surface area contributed by atoms with Gasteiger partial charge in [0.2, 0.25) is 0 Å². The van der Waals surface area contributed by atoms with Gasteiger partial charge in [0.15, 0.2) is 0 Å². The second-order valence-corrected chi connectivity index (χ2v) is 5.89. The zero-order valence-corrected chi connectivity index (χ0v) is 15.5. The third kappa shape index (κ3) is 7.27. The Kier molecular flexibility index (Phi) is 8.69. The Morgan fingerprint density at radius 3 is 1.35 bits per heavy atom. The molecule has 2 rings (SSSR count). The van der Waals surface area contributed by atoms with Crippen LogP contribution in [0.4, 0.5) is 0 Å². The number of benzene rings is 2. The number of ether oxygens (including phenoxy) is 2. The summed E-state index contributed by atoms with van der Waals surface area (Å²) in [6.45, 7) is 5.63. The molecule has 0 unspecified atom stereocenters. The van der Waals surface area contributed by atoms with Crippen LogP contribution >= 0.6 is 0 Å². The molecule has 0 amide bonds. The van der Waals surface area contributed by atoms with E-state index in [0.717, 1.165) is 37.2 Å². The Morgan fingerprint density at radius 2 is 1.00 bits per heavy atom. The summed E-state index contributed by atoms with van der Waals surface area (Å²) in [6.07, 6.45) is 4.23. The van der Waals surface area contributed by atoms with Crippen LogP contribution in [0, 0.1) is 0 Å². The Bertz CT molecular complexity index is 560. The van der Waals surface area contributed by atoms with Crippen molar-refractivity contribution in [2.75, 3.05) is 13.2 Å². The monoisotopic (exact) mass is 358 g/mol. The normalized spacial score (nSPS) is 10.3. The van der Waals surface area contributed by atoms with Gasteiger partial charge in [-0.2, -0.15) is 0 Å². The summed E-state index contributed by atoms with van der Waals surface area (Å²) in [7, 11) is -1.39. The second kappa shape index (κ2) is 11.3. The van der Waals surface area contributed by atoms with Gasteiger partial charge in [-0.3, -0.25) is 0 Å². The lowest BCUT2D eigenvalue weighted by Gasteiger charge is -2.12. The molecule has 1 N–H and O–H groups in total. The first-order valence-corrected chi connectivity index (χ1v) is 9.18. The van der Waals surface area contributed by atoms with Crippen molar-refractivity contribution in [3.63, 3.8) is 0 Å². The highest BCUT2D eigenvalue weighted by atomic mass is 16.7. The first-order chi connectivity index (χ1) is 12.7. The molecule has 26 heavy (non-hydrogen) atoms. The van der Waals surface area contributed by atoms with E-state index in [1.54, 1.807) is 48.5 Å². The first-order valence-electron chi connectivity index (χ1n) is 9.18. The maximum absolute atomic E-state index is 9.93. The summed E-state index contributed by atoms with van der Waals surface area (Å²) in [5.41, 5.74) is 0. The van der Waals surface area contributed by atoms with Gasteiger partial charge in [0.1, 0.15) is 23.0 Å². The average Bonchev–Trinajstić information content (AvgIpc) is 2.65. The fraction of sp³-hybridized carbons (Fsp3) is 0.400. The van der Waals surface area contributed by atoms with Gasteiger partial charge < -0.3 is 23.8 Å². The van der Waals surface area contributed by atoms with Gasteiger partial charge in [0.25, 0.3) is 0 Å². The topological polar surface area (TPSA) is 57.2 Å². The van der Waals surface area contributed by atoms with E-state index < -0.39 is 7.32 Å². The van der Waals surface area contributed by atoms with E-state index in [1.165, 1.54) is 0 Å². The molecule has 2 aromatic rings. The van der Waals surface area contributed by atoms with Crippen molar-refractivity contribution < 1.29 is 23.8 Å². The van der Waals surface area contributed by atoms with Crippen molar-refractivity contribution in [2.45, 2.75) is 39.5 Å². The van der Waals surface area contributed by atoms with E-state index in [4.69, 9.17) is 18.8 Å². The molecular formula is C20H27BO5. The van der Waals surface area contributed by atoms with Gasteiger partial charge in [-0.15, -0.1) is 0 Å². The lowest BCUT2D eigenvalue weighted by Crippen LogP contribution is -2.29. The molecule has 5 nitrogen and oxygen atoms in total. The molecule has 0 aliphatic heterocycles. The molecular weight excluding hydrogens is 331 g/mol. The highest BCUT2D eigenvalue weighted by Crippen LogP contribution is 2.21. The first kappa shape index (κ1) is 20.0. The predicted octanol–water partition coefficient (Wildman–Crippen LogP) is 4.48. The maximum atomic E-state index is 9.93. The molecule has 0 atom stereocenters.